The van der Waals surface area contributed by atoms with E-state index >= 15 is 0 Å². The second kappa shape index (κ2) is 12.1. The molecule has 0 aromatic heterocycles. The first-order chi connectivity index (χ1) is 15.6. The predicted octanol–water partition coefficient (Wildman–Crippen LogP) is 5.41. The Morgan fingerprint density at radius 2 is 1.75 bits per heavy atom. The number of ether oxygens (including phenoxy) is 3. The van der Waals surface area contributed by atoms with E-state index in [1.165, 1.54) is 5.56 Å². The number of benzene rings is 2. The molecule has 0 amide bonds. The number of para-hydroxylation sites is 2. The van der Waals surface area contributed by atoms with E-state index in [1.807, 2.05) is 0 Å². The molecule has 0 spiro atoms. The van der Waals surface area contributed by atoms with Gasteiger partial charge >= 0.3 is 0 Å². The lowest BCUT2D eigenvalue weighted by Crippen LogP contribution is -2.47. The lowest BCUT2D eigenvalue weighted by Gasteiger charge is -2.39. The number of hydrogen-bond acceptors (Lipinski definition) is 5. The maximum atomic E-state index is 6.17. The fourth-order valence-corrected chi connectivity index (χ4v) is 4.50. The zero-order chi connectivity index (χ0) is 22.9. The average molecular weight is 441 g/mol. The first-order valence-electron chi connectivity index (χ1n) is 12.0. The molecule has 0 fully saturated rings. The minimum absolute atomic E-state index is 0.229. The summed E-state index contributed by atoms with van der Waals surface area (Å²) in [4.78, 5) is 5.05. The molecule has 2 unspecified atom stereocenters. The molecule has 0 aliphatic carbocycles. The summed E-state index contributed by atoms with van der Waals surface area (Å²) < 4.78 is 17.7. The SMILES string of the molecule is CCN(CC)C(COCC(C)C)CN1c2ccccc2OCCC1c1ccc(OC)cc1. The van der Waals surface area contributed by atoms with Crippen molar-refractivity contribution in [1.29, 1.82) is 0 Å². The molecule has 1 aliphatic heterocycles. The van der Waals surface area contributed by atoms with E-state index in [9.17, 15) is 0 Å². The second-order valence-corrected chi connectivity index (χ2v) is 8.85. The Kier molecular flexibility index (Phi) is 9.24. The molecule has 0 bridgehead atoms. The average Bonchev–Trinajstić information content (AvgIpc) is 2.99. The highest BCUT2D eigenvalue weighted by atomic mass is 16.5. The van der Waals surface area contributed by atoms with Gasteiger partial charge in [-0.1, -0.05) is 52.0 Å². The van der Waals surface area contributed by atoms with Crippen molar-refractivity contribution in [3.8, 4) is 11.5 Å². The standard InChI is InChI=1S/C27H40N2O3/c1-6-28(7-2)23(20-31-19-21(3)4)18-29-25(22-12-14-24(30-5)15-13-22)16-17-32-27-11-9-8-10-26(27)29/h8-15,21,23,25H,6-7,16-20H2,1-5H3. The van der Waals surface area contributed by atoms with Gasteiger partial charge in [-0.05, 0) is 48.8 Å². The largest absolute Gasteiger partial charge is 0.497 e. The summed E-state index contributed by atoms with van der Waals surface area (Å²) in [5, 5.41) is 0. The number of fused-ring (bicyclic) bond motifs is 1. The normalized spacial score (nSPS) is 17.1. The van der Waals surface area contributed by atoms with Gasteiger partial charge in [0.2, 0.25) is 0 Å². The molecule has 5 nitrogen and oxygen atoms in total. The van der Waals surface area contributed by atoms with E-state index in [1.54, 1.807) is 7.11 Å². The quantitative estimate of drug-likeness (QED) is 0.467. The second-order valence-electron chi connectivity index (χ2n) is 8.85. The third kappa shape index (κ3) is 6.17. The minimum Gasteiger partial charge on any atom is -0.497 e. The van der Waals surface area contributed by atoms with Crippen molar-refractivity contribution in [1.82, 2.24) is 4.90 Å². The minimum atomic E-state index is 0.229. The van der Waals surface area contributed by atoms with Crippen molar-refractivity contribution in [2.75, 3.05) is 51.5 Å². The van der Waals surface area contributed by atoms with Crippen LogP contribution < -0.4 is 14.4 Å². The summed E-state index contributed by atoms with van der Waals surface area (Å²) in [6.45, 7) is 14.0. The van der Waals surface area contributed by atoms with E-state index in [0.29, 0.717) is 18.6 Å². The van der Waals surface area contributed by atoms with Crippen LogP contribution in [0.5, 0.6) is 11.5 Å². The topological polar surface area (TPSA) is 34.2 Å². The third-order valence-electron chi connectivity index (χ3n) is 6.20. The maximum Gasteiger partial charge on any atom is 0.142 e. The van der Waals surface area contributed by atoms with Gasteiger partial charge in [0.1, 0.15) is 11.5 Å². The number of methoxy groups -OCH3 is 1. The van der Waals surface area contributed by atoms with Crippen LogP contribution in [0.2, 0.25) is 0 Å². The van der Waals surface area contributed by atoms with Crippen LogP contribution in [-0.4, -0.2) is 57.5 Å². The highest BCUT2D eigenvalue weighted by molar-refractivity contribution is 5.60. The third-order valence-corrected chi connectivity index (χ3v) is 6.20. The molecular formula is C27H40N2O3. The number of hydrogen-bond donors (Lipinski definition) is 0. The molecule has 2 aromatic rings. The van der Waals surface area contributed by atoms with Crippen molar-refractivity contribution >= 4 is 5.69 Å². The van der Waals surface area contributed by atoms with E-state index in [2.05, 4.69) is 86.0 Å². The van der Waals surface area contributed by atoms with Gasteiger partial charge in [0, 0.05) is 19.6 Å². The molecule has 2 atom stereocenters. The maximum absolute atomic E-state index is 6.17. The zero-order valence-electron chi connectivity index (χ0n) is 20.4. The molecule has 5 heteroatoms. The van der Waals surface area contributed by atoms with Gasteiger partial charge < -0.3 is 19.1 Å². The monoisotopic (exact) mass is 440 g/mol. The Bertz CT molecular complexity index is 805. The van der Waals surface area contributed by atoms with E-state index in [4.69, 9.17) is 14.2 Å². The molecule has 1 aliphatic rings. The summed E-state index contributed by atoms with van der Waals surface area (Å²) in [7, 11) is 1.71. The molecule has 32 heavy (non-hydrogen) atoms. The number of nitrogens with zero attached hydrogens (tertiary/aromatic N) is 2. The van der Waals surface area contributed by atoms with Gasteiger partial charge in [-0.25, -0.2) is 0 Å². The summed E-state index contributed by atoms with van der Waals surface area (Å²) >= 11 is 0. The summed E-state index contributed by atoms with van der Waals surface area (Å²) in [5.74, 6) is 2.38. The molecule has 1 heterocycles. The van der Waals surface area contributed by atoms with Crippen molar-refractivity contribution < 1.29 is 14.2 Å². The summed E-state index contributed by atoms with van der Waals surface area (Å²) in [6.07, 6.45) is 0.929. The molecule has 176 valence electrons. The molecule has 3 rings (SSSR count). The zero-order valence-corrected chi connectivity index (χ0v) is 20.4. The van der Waals surface area contributed by atoms with Crippen molar-refractivity contribution in [2.24, 2.45) is 5.92 Å². The molecule has 0 radical (unpaired) electrons. The number of rotatable bonds is 11. The Morgan fingerprint density at radius 3 is 2.41 bits per heavy atom. The van der Waals surface area contributed by atoms with E-state index in [0.717, 1.165) is 56.5 Å². The van der Waals surface area contributed by atoms with E-state index in [-0.39, 0.29) is 6.04 Å². The Morgan fingerprint density at radius 1 is 1.03 bits per heavy atom. The van der Waals surface area contributed by atoms with Crippen molar-refractivity contribution in [3.63, 3.8) is 0 Å². The van der Waals surface area contributed by atoms with Crippen molar-refractivity contribution in [3.05, 3.63) is 54.1 Å². The van der Waals surface area contributed by atoms with Crippen LogP contribution >= 0.6 is 0 Å². The van der Waals surface area contributed by atoms with Gasteiger partial charge in [-0.15, -0.1) is 0 Å². The predicted molar refractivity (Wildman–Crippen MR) is 132 cm³/mol. The van der Waals surface area contributed by atoms with Gasteiger partial charge in [-0.2, -0.15) is 0 Å². The number of anilines is 1. The van der Waals surface area contributed by atoms with E-state index < -0.39 is 0 Å². The van der Waals surface area contributed by atoms with Crippen LogP contribution in [0.25, 0.3) is 0 Å². The Hall–Kier alpha value is -2.24. The van der Waals surface area contributed by atoms with Crippen LogP contribution in [0.4, 0.5) is 5.69 Å². The van der Waals surface area contributed by atoms with Crippen LogP contribution in [0.1, 0.15) is 45.7 Å². The first-order valence-corrected chi connectivity index (χ1v) is 12.0. The van der Waals surface area contributed by atoms with Gasteiger partial charge in [0.05, 0.1) is 38.1 Å². The fourth-order valence-electron chi connectivity index (χ4n) is 4.50. The van der Waals surface area contributed by atoms with Crippen molar-refractivity contribution in [2.45, 2.75) is 46.2 Å². The Balaban J connectivity index is 1.94. The highest BCUT2D eigenvalue weighted by Gasteiger charge is 2.30. The van der Waals surface area contributed by atoms with Crippen LogP contribution in [0.3, 0.4) is 0 Å². The summed E-state index contributed by atoms with van der Waals surface area (Å²) in [6, 6.07) is 17.4. The van der Waals surface area contributed by atoms with Crippen LogP contribution in [0, 0.1) is 5.92 Å². The lowest BCUT2D eigenvalue weighted by atomic mass is 10.0. The molecular weight excluding hydrogens is 400 g/mol. The van der Waals surface area contributed by atoms with Crippen LogP contribution in [0.15, 0.2) is 48.5 Å². The van der Waals surface area contributed by atoms with Gasteiger partial charge in [0.25, 0.3) is 0 Å². The smallest absolute Gasteiger partial charge is 0.142 e. The number of likely N-dealkylation sites (N-methyl/N-ethyl adjacent to an activating group) is 1. The lowest BCUT2D eigenvalue weighted by molar-refractivity contribution is 0.0514. The van der Waals surface area contributed by atoms with Gasteiger partial charge in [-0.3, -0.25) is 4.90 Å². The highest BCUT2D eigenvalue weighted by Crippen LogP contribution is 2.39. The molecule has 0 saturated heterocycles. The summed E-state index contributed by atoms with van der Waals surface area (Å²) in [5.41, 5.74) is 2.44. The Labute approximate surface area is 194 Å². The van der Waals surface area contributed by atoms with Gasteiger partial charge in [0.15, 0.2) is 0 Å². The fraction of sp³-hybridized carbons (Fsp3) is 0.556. The van der Waals surface area contributed by atoms with Crippen LogP contribution in [-0.2, 0) is 4.74 Å². The molecule has 2 aromatic carbocycles. The first kappa shape index (κ1) is 24.4. The molecule has 0 saturated carbocycles. The molecule has 0 N–H and O–H groups in total.